The maximum atomic E-state index is 12.2. The highest BCUT2D eigenvalue weighted by atomic mass is 35.5. The summed E-state index contributed by atoms with van der Waals surface area (Å²) < 4.78 is 29.3. The van der Waals surface area contributed by atoms with E-state index in [1.165, 1.54) is 11.5 Å². The second-order valence-corrected chi connectivity index (χ2v) is 9.78. The number of hydrogen-bond acceptors (Lipinski definition) is 11. The third-order valence-electron chi connectivity index (χ3n) is 5.92. The largest absolute Gasteiger partial charge is 0.463 e. The minimum atomic E-state index is -1.38. The Balaban J connectivity index is 2.25. The number of ether oxygens (including phenoxy) is 5. The number of rotatable bonds is 7. The number of nitriles is 1. The van der Waals surface area contributed by atoms with Crippen molar-refractivity contribution in [2.75, 3.05) is 6.61 Å². The molecule has 1 aromatic carbocycles. The Morgan fingerprint density at radius 2 is 1.50 bits per heavy atom. The summed E-state index contributed by atoms with van der Waals surface area (Å²) in [5.74, 6) is -2.90. The molecule has 5 atom stereocenters. The zero-order valence-electron chi connectivity index (χ0n) is 22.3. The molecule has 0 aliphatic carbocycles. The first-order chi connectivity index (χ1) is 18.8. The van der Waals surface area contributed by atoms with Gasteiger partial charge in [0.25, 0.3) is 0 Å². The Labute approximate surface area is 240 Å². The van der Waals surface area contributed by atoms with Crippen molar-refractivity contribution in [3.63, 3.8) is 0 Å². The van der Waals surface area contributed by atoms with Crippen LogP contribution in [0.1, 0.15) is 45.2 Å². The van der Waals surface area contributed by atoms with Gasteiger partial charge in [-0.15, -0.1) is 0 Å². The van der Waals surface area contributed by atoms with E-state index in [4.69, 9.17) is 47.5 Å². The Bertz CT molecular complexity index is 1420. The summed E-state index contributed by atoms with van der Waals surface area (Å²) in [6.45, 7) is 5.90. The molecule has 1 saturated heterocycles. The number of benzene rings is 1. The summed E-state index contributed by atoms with van der Waals surface area (Å²) in [6.07, 6.45) is -6.53. The first-order valence-electron chi connectivity index (χ1n) is 12.1. The highest BCUT2D eigenvalue weighted by Crippen LogP contribution is 2.37. The molecule has 1 aliphatic rings. The summed E-state index contributed by atoms with van der Waals surface area (Å²) in [6, 6.07) is 10.7. The molecule has 2 aromatic rings. The number of aryl methyl sites for hydroxylation is 1. The molecule has 3 rings (SSSR count). The molecule has 40 heavy (non-hydrogen) atoms. The molecule has 0 bridgehead atoms. The lowest BCUT2D eigenvalue weighted by molar-refractivity contribution is -0.269. The van der Waals surface area contributed by atoms with Crippen molar-refractivity contribution in [2.45, 2.75) is 65.3 Å². The summed E-state index contributed by atoms with van der Waals surface area (Å²) in [4.78, 5) is 48.0. The summed E-state index contributed by atoms with van der Waals surface area (Å²) in [5.41, 5.74) is 1.83. The lowest BCUT2D eigenvalue weighted by Gasteiger charge is -2.45. The molecule has 0 N–H and O–H groups in total. The van der Waals surface area contributed by atoms with Gasteiger partial charge in [0.1, 0.15) is 23.4 Å². The van der Waals surface area contributed by atoms with Crippen LogP contribution in [0.4, 0.5) is 0 Å². The quantitative estimate of drug-likeness (QED) is 0.262. The Hall–Kier alpha value is -3.79. The van der Waals surface area contributed by atoms with E-state index < -0.39 is 61.1 Å². The van der Waals surface area contributed by atoms with Gasteiger partial charge >= 0.3 is 23.9 Å². The Morgan fingerprint density at radius 1 is 0.950 bits per heavy atom. The minimum Gasteiger partial charge on any atom is -0.463 e. The van der Waals surface area contributed by atoms with E-state index in [2.05, 4.69) is 6.07 Å². The van der Waals surface area contributed by atoms with E-state index in [0.717, 1.165) is 20.8 Å². The average Bonchev–Trinajstić information content (AvgIpc) is 2.85. The van der Waals surface area contributed by atoms with Crippen molar-refractivity contribution < 1.29 is 42.9 Å². The number of aromatic nitrogens is 1. The van der Waals surface area contributed by atoms with Crippen LogP contribution in [0.15, 0.2) is 30.3 Å². The van der Waals surface area contributed by atoms with Crippen molar-refractivity contribution in [1.29, 1.82) is 5.26 Å². The van der Waals surface area contributed by atoms with Crippen LogP contribution >= 0.6 is 23.8 Å². The predicted octanol–water partition coefficient (Wildman–Crippen LogP) is 3.97. The zero-order valence-corrected chi connectivity index (χ0v) is 23.9. The summed E-state index contributed by atoms with van der Waals surface area (Å²) >= 11 is 11.8. The number of nitrogens with zero attached hydrogens (tertiary/aromatic N) is 2. The standard InChI is InChI=1S/C27H27ClN2O9S/c1-13-10-20(18-6-8-19(28)9-7-18)21(11-29)27(40)30(13)26-25(38-17(5)34)24(37-16(4)33)23(36-15(3)32)22(39-26)12-35-14(2)31/h6-10,22-26H,12H2,1-5H3/t22-,23+,24+,25+,26-/m0/s1. The Morgan fingerprint density at radius 3 is 2.02 bits per heavy atom. The van der Waals surface area contributed by atoms with E-state index >= 15 is 0 Å². The third kappa shape index (κ3) is 7.04. The van der Waals surface area contributed by atoms with Crippen molar-refractivity contribution in [3.05, 3.63) is 51.3 Å². The first kappa shape index (κ1) is 30.7. The fraction of sp³-hybridized carbons (Fsp3) is 0.407. The van der Waals surface area contributed by atoms with Gasteiger partial charge < -0.3 is 28.3 Å². The van der Waals surface area contributed by atoms with Gasteiger partial charge in [0.15, 0.2) is 24.5 Å². The Kier molecular flexibility index (Phi) is 10.0. The first-order valence-corrected chi connectivity index (χ1v) is 12.8. The van der Waals surface area contributed by atoms with E-state index in [9.17, 15) is 24.4 Å². The van der Waals surface area contributed by atoms with E-state index in [-0.39, 0.29) is 10.2 Å². The molecule has 13 heteroatoms. The molecule has 0 spiro atoms. The van der Waals surface area contributed by atoms with Gasteiger partial charge in [-0.3, -0.25) is 19.2 Å². The second kappa shape index (κ2) is 13.0. The van der Waals surface area contributed by atoms with Gasteiger partial charge in [-0.25, -0.2) is 0 Å². The summed E-state index contributed by atoms with van der Waals surface area (Å²) in [7, 11) is 0. The zero-order chi connectivity index (χ0) is 29.7. The molecule has 2 heterocycles. The number of pyridine rings is 1. The topological polar surface area (TPSA) is 143 Å². The molecule has 0 amide bonds. The van der Waals surface area contributed by atoms with Crippen LogP contribution in [-0.2, 0) is 42.9 Å². The fourth-order valence-electron chi connectivity index (χ4n) is 4.44. The lowest BCUT2D eigenvalue weighted by atomic mass is 9.96. The van der Waals surface area contributed by atoms with Crippen LogP contribution in [0.25, 0.3) is 11.1 Å². The fourth-order valence-corrected chi connectivity index (χ4v) is 4.97. The van der Waals surface area contributed by atoms with Gasteiger partial charge in [0, 0.05) is 44.0 Å². The van der Waals surface area contributed by atoms with Crippen LogP contribution < -0.4 is 0 Å². The summed E-state index contributed by atoms with van der Waals surface area (Å²) in [5, 5.41) is 10.6. The molecule has 1 fully saturated rings. The van der Waals surface area contributed by atoms with E-state index in [1.54, 1.807) is 37.3 Å². The van der Waals surface area contributed by atoms with Gasteiger partial charge in [0.2, 0.25) is 0 Å². The van der Waals surface area contributed by atoms with Crippen LogP contribution in [0.5, 0.6) is 0 Å². The van der Waals surface area contributed by atoms with E-state index in [1.807, 2.05) is 0 Å². The molecule has 1 aromatic heterocycles. The highest BCUT2D eigenvalue weighted by Gasteiger charge is 2.53. The predicted molar refractivity (Wildman–Crippen MR) is 142 cm³/mol. The van der Waals surface area contributed by atoms with Crippen LogP contribution in [-0.4, -0.2) is 59.5 Å². The number of carbonyl (C=O) groups is 4. The molecule has 0 saturated carbocycles. The molecular weight excluding hydrogens is 564 g/mol. The number of esters is 4. The lowest BCUT2D eigenvalue weighted by Crippen LogP contribution is -2.60. The number of hydrogen-bond donors (Lipinski definition) is 0. The van der Waals surface area contributed by atoms with Crippen molar-refractivity contribution >= 4 is 47.7 Å². The molecular formula is C27H27ClN2O9S. The SMILES string of the molecule is CC(=O)OC[C@@H]1O[C@H](n2c(C)cc(-c3ccc(Cl)cc3)c(C#N)c2=S)[C@H](OC(C)=O)[C@H](OC(C)=O)[C@@H]1OC(C)=O. The average molecular weight is 591 g/mol. The maximum absolute atomic E-state index is 12.2. The normalized spacial score (nSPS) is 22.0. The monoisotopic (exact) mass is 590 g/mol. The number of carbonyl (C=O) groups excluding carboxylic acids is 4. The van der Waals surface area contributed by atoms with Crippen molar-refractivity contribution in [3.8, 4) is 17.2 Å². The smallest absolute Gasteiger partial charge is 0.303 e. The van der Waals surface area contributed by atoms with Gasteiger partial charge in [-0.1, -0.05) is 36.0 Å². The molecule has 11 nitrogen and oxygen atoms in total. The molecule has 212 valence electrons. The second-order valence-electron chi connectivity index (χ2n) is 8.96. The van der Waals surface area contributed by atoms with Gasteiger partial charge in [0.05, 0.1) is 5.56 Å². The molecule has 1 aliphatic heterocycles. The molecule has 0 radical (unpaired) electrons. The minimum absolute atomic E-state index is 0.0355. The van der Waals surface area contributed by atoms with E-state index in [0.29, 0.717) is 21.8 Å². The molecule has 0 unspecified atom stereocenters. The number of halogens is 1. The maximum Gasteiger partial charge on any atom is 0.303 e. The van der Waals surface area contributed by atoms with Crippen LogP contribution in [0, 0.1) is 22.9 Å². The highest BCUT2D eigenvalue weighted by molar-refractivity contribution is 7.71. The van der Waals surface area contributed by atoms with Crippen LogP contribution in [0.2, 0.25) is 5.02 Å². The van der Waals surface area contributed by atoms with Gasteiger partial charge in [-0.2, -0.15) is 5.26 Å². The van der Waals surface area contributed by atoms with Crippen molar-refractivity contribution in [1.82, 2.24) is 4.57 Å². The third-order valence-corrected chi connectivity index (χ3v) is 6.58. The van der Waals surface area contributed by atoms with Gasteiger partial charge in [-0.05, 0) is 30.7 Å². The van der Waals surface area contributed by atoms with Crippen LogP contribution in [0.3, 0.4) is 0 Å². The van der Waals surface area contributed by atoms with Crippen molar-refractivity contribution in [2.24, 2.45) is 0 Å².